The number of thiazole rings is 1. The molecule has 0 saturated heterocycles. The van der Waals surface area contributed by atoms with Crippen LogP contribution in [0.4, 0.5) is 5.13 Å². The summed E-state index contributed by atoms with van der Waals surface area (Å²) in [5, 5.41) is 4.17. The van der Waals surface area contributed by atoms with E-state index in [-0.39, 0.29) is 0 Å². The number of methoxy groups -OCH3 is 1. The van der Waals surface area contributed by atoms with Crippen LogP contribution in [-0.2, 0) is 4.74 Å². The van der Waals surface area contributed by atoms with Crippen molar-refractivity contribution < 1.29 is 4.74 Å². The highest BCUT2D eigenvalue weighted by atomic mass is 127. The van der Waals surface area contributed by atoms with Gasteiger partial charge in [0.05, 0.1) is 11.5 Å². The van der Waals surface area contributed by atoms with E-state index in [4.69, 9.17) is 4.74 Å². The van der Waals surface area contributed by atoms with Gasteiger partial charge in [0.15, 0.2) is 5.13 Å². The van der Waals surface area contributed by atoms with Crippen molar-refractivity contribution in [3.63, 3.8) is 0 Å². The van der Waals surface area contributed by atoms with Gasteiger partial charge in [-0.15, -0.1) is 0 Å². The van der Waals surface area contributed by atoms with Gasteiger partial charge in [-0.05, 0) is 40.3 Å². The highest BCUT2D eigenvalue weighted by Crippen LogP contribution is 2.29. The lowest BCUT2D eigenvalue weighted by Gasteiger charge is -2.00. The summed E-state index contributed by atoms with van der Waals surface area (Å²) >= 11 is 3.97. The summed E-state index contributed by atoms with van der Waals surface area (Å²) in [6.07, 6.45) is 1.90. The molecule has 0 radical (unpaired) electrons. The van der Waals surface area contributed by atoms with Crippen LogP contribution in [0.1, 0.15) is 0 Å². The number of hydrogen-bond donors (Lipinski definition) is 1. The van der Waals surface area contributed by atoms with Crippen molar-refractivity contribution in [1.82, 2.24) is 4.98 Å². The molecule has 0 spiro atoms. The Labute approximate surface area is 118 Å². The lowest BCUT2D eigenvalue weighted by molar-refractivity contribution is 0.211. The van der Waals surface area contributed by atoms with Gasteiger partial charge in [-0.2, -0.15) is 0 Å². The molecule has 90 valence electrons. The summed E-state index contributed by atoms with van der Waals surface area (Å²) in [4.78, 5) is 5.52. The maximum absolute atomic E-state index is 4.98. The van der Waals surface area contributed by atoms with Crippen LogP contribution < -0.4 is 5.32 Å². The van der Waals surface area contributed by atoms with Gasteiger partial charge in [0.25, 0.3) is 0 Å². The highest BCUT2D eigenvalue weighted by Gasteiger charge is 2.03. The molecule has 1 N–H and O–H groups in total. The SMILES string of the molecule is COCCNc1ncc(-c2ccc(I)cc2)s1. The Kier molecular flexibility index (Phi) is 4.75. The van der Waals surface area contributed by atoms with E-state index < -0.39 is 0 Å². The molecule has 0 aliphatic rings. The molecule has 0 atom stereocenters. The van der Waals surface area contributed by atoms with E-state index >= 15 is 0 Å². The average Bonchev–Trinajstić information content (AvgIpc) is 2.79. The third-order valence-electron chi connectivity index (χ3n) is 2.22. The molecule has 0 amide bonds. The van der Waals surface area contributed by atoms with Crippen LogP contribution in [0.2, 0.25) is 0 Å². The van der Waals surface area contributed by atoms with Gasteiger partial charge >= 0.3 is 0 Å². The van der Waals surface area contributed by atoms with Crippen molar-refractivity contribution in [3.05, 3.63) is 34.0 Å². The molecule has 0 fully saturated rings. The van der Waals surface area contributed by atoms with Gasteiger partial charge in [-0.25, -0.2) is 4.98 Å². The van der Waals surface area contributed by atoms with Gasteiger partial charge in [0.2, 0.25) is 0 Å². The van der Waals surface area contributed by atoms with E-state index in [0.717, 1.165) is 11.7 Å². The minimum absolute atomic E-state index is 0.693. The second kappa shape index (κ2) is 6.32. The Hall–Kier alpha value is -0.660. The Morgan fingerprint density at radius 1 is 1.35 bits per heavy atom. The summed E-state index contributed by atoms with van der Waals surface area (Å²) < 4.78 is 6.23. The molecule has 1 aromatic heterocycles. The standard InChI is InChI=1S/C12H13IN2OS/c1-16-7-6-14-12-15-8-11(17-12)9-2-4-10(13)5-3-9/h2-5,8H,6-7H2,1H3,(H,14,15). The molecule has 1 heterocycles. The second-order valence-corrected chi connectivity index (χ2v) is 5.73. The minimum atomic E-state index is 0.693. The van der Waals surface area contributed by atoms with E-state index in [1.54, 1.807) is 18.4 Å². The monoisotopic (exact) mass is 360 g/mol. The molecular formula is C12H13IN2OS. The van der Waals surface area contributed by atoms with Crippen LogP contribution in [0.25, 0.3) is 10.4 Å². The average molecular weight is 360 g/mol. The lowest BCUT2D eigenvalue weighted by Crippen LogP contribution is -2.06. The van der Waals surface area contributed by atoms with Crippen LogP contribution in [-0.4, -0.2) is 25.2 Å². The first-order chi connectivity index (χ1) is 8.29. The number of ether oxygens (including phenoxy) is 1. The van der Waals surface area contributed by atoms with Crippen molar-refractivity contribution >= 4 is 39.1 Å². The Morgan fingerprint density at radius 2 is 2.12 bits per heavy atom. The molecule has 2 aromatic rings. The molecule has 0 bridgehead atoms. The number of rotatable bonds is 5. The topological polar surface area (TPSA) is 34.1 Å². The fourth-order valence-corrected chi connectivity index (χ4v) is 2.57. The Balaban J connectivity index is 2.04. The van der Waals surface area contributed by atoms with Crippen LogP contribution in [0.5, 0.6) is 0 Å². The lowest BCUT2D eigenvalue weighted by atomic mass is 10.2. The molecule has 17 heavy (non-hydrogen) atoms. The molecule has 2 rings (SSSR count). The first-order valence-corrected chi connectivity index (χ1v) is 7.13. The zero-order valence-electron chi connectivity index (χ0n) is 9.44. The second-order valence-electron chi connectivity index (χ2n) is 3.46. The number of hydrogen-bond acceptors (Lipinski definition) is 4. The first-order valence-electron chi connectivity index (χ1n) is 5.24. The van der Waals surface area contributed by atoms with E-state index in [0.29, 0.717) is 6.61 Å². The maximum atomic E-state index is 4.98. The predicted molar refractivity (Wildman–Crippen MR) is 80.6 cm³/mol. The van der Waals surface area contributed by atoms with E-state index in [1.807, 2.05) is 6.20 Å². The van der Waals surface area contributed by atoms with Crippen molar-refractivity contribution in [1.29, 1.82) is 0 Å². The van der Waals surface area contributed by atoms with Gasteiger partial charge in [-0.3, -0.25) is 0 Å². The number of nitrogens with zero attached hydrogens (tertiary/aromatic N) is 1. The Bertz CT molecular complexity index is 470. The molecule has 5 heteroatoms. The summed E-state index contributed by atoms with van der Waals surface area (Å²) in [7, 11) is 1.69. The van der Waals surface area contributed by atoms with Crippen molar-refractivity contribution in [2.75, 3.05) is 25.6 Å². The summed E-state index contributed by atoms with van der Waals surface area (Å²) in [5.41, 5.74) is 1.21. The number of aromatic nitrogens is 1. The maximum Gasteiger partial charge on any atom is 0.183 e. The number of halogens is 1. The zero-order valence-corrected chi connectivity index (χ0v) is 12.4. The van der Waals surface area contributed by atoms with Crippen molar-refractivity contribution in [2.45, 2.75) is 0 Å². The quantitative estimate of drug-likeness (QED) is 0.655. The predicted octanol–water partition coefficient (Wildman–Crippen LogP) is 3.47. The Morgan fingerprint density at radius 3 is 2.82 bits per heavy atom. The van der Waals surface area contributed by atoms with Crippen LogP contribution in [0.3, 0.4) is 0 Å². The van der Waals surface area contributed by atoms with E-state index in [2.05, 4.69) is 57.2 Å². The first kappa shape index (κ1) is 12.8. The molecule has 0 aliphatic heterocycles. The van der Waals surface area contributed by atoms with Crippen LogP contribution in [0, 0.1) is 3.57 Å². The van der Waals surface area contributed by atoms with Crippen molar-refractivity contribution in [3.8, 4) is 10.4 Å². The molecule has 0 aliphatic carbocycles. The van der Waals surface area contributed by atoms with E-state index in [1.165, 1.54) is 14.0 Å². The fourth-order valence-electron chi connectivity index (χ4n) is 1.36. The van der Waals surface area contributed by atoms with Crippen LogP contribution in [0.15, 0.2) is 30.5 Å². The summed E-state index contributed by atoms with van der Waals surface area (Å²) in [5.74, 6) is 0. The third-order valence-corrected chi connectivity index (χ3v) is 3.94. The molecule has 3 nitrogen and oxygen atoms in total. The number of anilines is 1. The van der Waals surface area contributed by atoms with E-state index in [9.17, 15) is 0 Å². The molecule has 1 aromatic carbocycles. The molecular weight excluding hydrogens is 347 g/mol. The molecule has 0 unspecified atom stereocenters. The van der Waals surface area contributed by atoms with Crippen LogP contribution >= 0.6 is 33.9 Å². The normalized spacial score (nSPS) is 10.5. The highest BCUT2D eigenvalue weighted by molar-refractivity contribution is 14.1. The summed E-state index contributed by atoms with van der Waals surface area (Å²) in [6, 6.07) is 8.45. The minimum Gasteiger partial charge on any atom is -0.383 e. The fraction of sp³-hybridized carbons (Fsp3) is 0.250. The van der Waals surface area contributed by atoms with Crippen molar-refractivity contribution in [2.24, 2.45) is 0 Å². The molecule has 0 saturated carbocycles. The number of benzene rings is 1. The van der Waals surface area contributed by atoms with Gasteiger partial charge in [-0.1, -0.05) is 23.5 Å². The number of nitrogens with one attached hydrogen (secondary N) is 1. The van der Waals surface area contributed by atoms with Gasteiger partial charge < -0.3 is 10.1 Å². The largest absolute Gasteiger partial charge is 0.383 e. The van der Waals surface area contributed by atoms with Gasteiger partial charge in [0, 0.05) is 23.4 Å². The third kappa shape index (κ3) is 3.65. The zero-order chi connectivity index (χ0) is 12.1. The summed E-state index contributed by atoms with van der Waals surface area (Å²) in [6.45, 7) is 1.48. The van der Waals surface area contributed by atoms with Gasteiger partial charge in [0.1, 0.15) is 0 Å². The smallest absolute Gasteiger partial charge is 0.183 e.